The van der Waals surface area contributed by atoms with Crippen LogP contribution in [0.25, 0.3) is 0 Å². The second-order valence-electron chi connectivity index (χ2n) is 8.41. The number of hydrogen-bond acceptors (Lipinski definition) is 7. The first-order valence-corrected chi connectivity index (χ1v) is 13.1. The minimum atomic E-state index is -1.17. The lowest BCUT2D eigenvalue weighted by Gasteiger charge is -2.26. The fourth-order valence-corrected chi connectivity index (χ4v) is 3.80. The second-order valence-corrected chi connectivity index (χ2v) is 9.76. The van der Waals surface area contributed by atoms with Crippen LogP contribution in [0.3, 0.4) is 0 Å². The standard InChI is InChI=1S/C23H36N4O5S2/c1-14(2)11-18(26-20(28)16(24)13-33)22(30)25-17(9-10-34-3)21(29)27-19(23(31)32)12-15-7-5-4-6-8-15/h4-8,14,16-19,33H,9-13,24H2,1-3H3,(H,25,30)(H,26,28)(H,27,29)(H,31,32). The van der Waals surface area contributed by atoms with Crippen molar-refractivity contribution in [3.8, 4) is 0 Å². The number of amides is 3. The van der Waals surface area contributed by atoms with Gasteiger partial charge in [0.1, 0.15) is 18.1 Å². The topological polar surface area (TPSA) is 151 Å². The number of benzene rings is 1. The van der Waals surface area contributed by atoms with E-state index in [4.69, 9.17) is 5.73 Å². The Bertz CT molecular complexity index is 810. The predicted molar refractivity (Wildman–Crippen MR) is 138 cm³/mol. The van der Waals surface area contributed by atoms with Crippen molar-refractivity contribution in [1.82, 2.24) is 16.0 Å². The molecule has 6 N–H and O–H groups in total. The molecule has 4 atom stereocenters. The van der Waals surface area contributed by atoms with E-state index in [2.05, 4.69) is 28.6 Å². The van der Waals surface area contributed by atoms with Gasteiger partial charge in [-0.25, -0.2) is 4.79 Å². The Kier molecular flexibility index (Phi) is 13.7. The van der Waals surface area contributed by atoms with Crippen LogP contribution < -0.4 is 21.7 Å². The number of rotatable bonds is 15. The molecule has 0 saturated carbocycles. The smallest absolute Gasteiger partial charge is 0.326 e. The first-order chi connectivity index (χ1) is 16.1. The fourth-order valence-electron chi connectivity index (χ4n) is 3.16. The highest BCUT2D eigenvalue weighted by Gasteiger charge is 2.30. The van der Waals surface area contributed by atoms with Gasteiger partial charge in [0.15, 0.2) is 0 Å². The number of carbonyl (C=O) groups excluding carboxylic acids is 3. The van der Waals surface area contributed by atoms with Crippen molar-refractivity contribution in [3.05, 3.63) is 35.9 Å². The fraction of sp³-hybridized carbons (Fsp3) is 0.565. The van der Waals surface area contributed by atoms with E-state index in [1.807, 2.05) is 26.2 Å². The Hall–Kier alpha value is -2.24. The molecule has 34 heavy (non-hydrogen) atoms. The molecule has 0 spiro atoms. The zero-order valence-electron chi connectivity index (χ0n) is 19.8. The summed E-state index contributed by atoms with van der Waals surface area (Å²) in [7, 11) is 0. The molecule has 0 heterocycles. The van der Waals surface area contributed by atoms with Crippen molar-refractivity contribution in [2.45, 2.75) is 57.3 Å². The number of hydrogen-bond donors (Lipinski definition) is 6. The number of thioether (sulfide) groups is 1. The Morgan fingerprint density at radius 2 is 1.53 bits per heavy atom. The summed E-state index contributed by atoms with van der Waals surface area (Å²) in [5.41, 5.74) is 6.48. The van der Waals surface area contributed by atoms with Gasteiger partial charge in [-0.15, -0.1) is 0 Å². The molecule has 0 radical (unpaired) electrons. The summed E-state index contributed by atoms with van der Waals surface area (Å²) in [6.07, 6.45) is 2.63. The van der Waals surface area contributed by atoms with E-state index in [9.17, 15) is 24.3 Å². The molecule has 9 nitrogen and oxygen atoms in total. The average Bonchev–Trinajstić information content (AvgIpc) is 2.80. The van der Waals surface area contributed by atoms with Crippen LogP contribution in [-0.2, 0) is 25.6 Å². The first-order valence-electron chi connectivity index (χ1n) is 11.1. The monoisotopic (exact) mass is 512 g/mol. The van der Waals surface area contributed by atoms with Crippen LogP contribution in [-0.4, -0.2) is 70.7 Å². The Morgan fingerprint density at radius 1 is 0.971 bits per heavy atom. The van der Waals surface area contributed by atoms with Crippen LogP contribution >= 0.6 is 24.4 Å². The molecule has 0 fully saturated rings. The van der Waals surface area contributed by atoms with Crippen LogP contribution in [0.2, 0.25) is 0 Å². The first kappa shape index (κ1) is 29.8. The summed E-state index contributed by atoms with van der Waals surface area (Å²) >= 11 is 5.51. The number of nitrogens with one attached hydrogen (secondary N) is 3. The van der Waals surface area contributed by atoms with Gasteiger partial charge in [-0.3, -0.25) is 14.4 Å². The predicted octanol–water partition coefficient (Wildman–Crippen LogP) is 0.824. The normalized spacial score (nSPS) is 14.5. The van der Waals surface area contributed by atoms with Gasteiger partial charge in [0.05, 0.1) is 6.04 Å². The molecule has 3 amide bonds. The molecule has 0 bridgehead atoms. The maximum atomic E-state index is 13.0. The minimum Gasteiger partial charge on any atom is -0.480 e. The summed E-state index contributed by atoms with van der Waals surface area (Å²) in [6, 6.07) is 5.11. The van der Waals surface area contributed by atoms with Gasteiger partial charge in [0.25, 0.3) is 0 Å². The van der Waals surface area contributed by atoms with Crippen LogP contribution in [0.1, 0.15) is 32.3 Å². The summed E-state index contributed by atoms with van der Waals surface area (Å²) < 4.78 is 0. The van der Waals surface area contributed by atoms with Crippen molar-refractivity contribution < 1.29 is 24.3 Å². The summed E-state index contributed by atoms with van der Waals surface area (Å²) in [6.45, 7) is 3.81. The quantitative estimate of drug-likeness (QED) is 0.190. The van der Waals surface area contributed by atoms with Crippen LogP contribution in [0.4, 0.5) is 0 Å². The van der Waals surface area contributed by atoms with Crippen LogP contribution in [0.5, 0.6) is 0 Å². The lowest BCUT2D eigenvalue weighted by molar-refractivity contribution is -0.142. The molecule has 0 aliphatic heterocycles. The highest BCUT2D eigenvalue weighted by molar-refractivity contribution is 7.98. The van der Waals surface area contributed by atoms with E-state index in [0.29, 0.717) is 18.6 Å². The zero-order valence-corrected chi connectivity index (χ0v) is 21.5. The van der Waals surface area contributed by atoms with Crippen molar-refractivity contribution >= 4 is 48.1 Å². The SMILES string of the molecule is CSCCC(NC(=O)C(CC(C)C)NC(=O)C(N)CS)C(=O)NC(Cc1ccccc1)C(=O)O. The third-order valence-electron chi connectivity index (χ3n) is 5.01. The van der Waals surface area contributed by atoms with E-state index in [1.165, 1.54) is 11.8 Å². The summed E-state index contributed by atoms with van der Waals surface area (Å²) in [5.74, 6) is -2.01. The molecule has 1 aromatic carbocycles. The molecular weight excluding hydrogens is 476 g/mol. The Labute approximate surface area is 210 Å². The van der Waals surface area contributed by atoms with E-state index >= 15 is 0 Å². The number of carboxylic acid groups (broad SMARTS) is 1. The molecule has 0 saturated heterocycles. The highest BCUT2D eigenvalue weighted by atomic mass is 32.2. The third-order valence-corrected chi connectivity index (χ3v) is 6.05. The summed E-state index contributed by atoms with van der Waals surface area (Å²) in [5, 5.41) is 17.5. The Morgan fingerprint density at radius 3 is 2.06 bits per heavy atom. The van der Waals surface area contributed by atoms with Crippen molar-refractivity contribution in [1.29, 1.82) is 0 Å². The average molecular weight is 513 g/mol. The van der Waals surface area contributed by atoms with Crippen LogP contribution in [0.15, 0.2) is 30.3 Å². The van der Waals surface area contributed by atoms with Crippen molar-refractivity contribution in [2.24, 2.45) is 11.7 Å². The largest absolute Gasteiger partial charge is 0.480 e. The molecule has 0 aliphatic carbocycles. The lowest BCUT2D eigenvalue weighted by atomic mass is 10.0. The van der Waals surface area contributed by atoms with Gasteiger partial charge in [0.2, 0.25) is 17.7 Å². The highest BCUT2D eigenvalue weighted by Crippen LogP contribution is 2.09. The van der Waals surface area contributed by atoms with E-state index < -0.39 is 47.9 Å². The van der Waals surface area contributed by atoms with Gasteiger partial charge in [-0.1, -0.05) is 44.2 Å². The van der Waals surface area contributed by atoms with Crippen LogP contribution in [0, 0.1) is 5.92 Å². The number of carbonyl (C=O) groups is 4. The van der Waals surface area contributed by atoms with Gasteiger partial charge in [0, 0.05) is 12.2 Å². The molecule has 0 aromatic heterocycles. The lowest BCUT2D eigenvalue weighted by Crippen LogP contribution is -2.57. The second kappa shape index (κ2) is 15.6. The van der Waals surface area contributed by atoms with E-state index in [-0.39, 0.29) is 18.1 Å². The Balaban J connectivity index is 2.96. The molecule has 1 rings (SSSR count). The van der Waals surface area contributed by atoms with Gasteiger partial charge < -0.3 is 26.8 Å². The minimum absolute atomic E-state index is 0.0870. The van der Waals surface area contributed by atoms with Crippen molar-refractivity contribution in [3.63, 3.8) is 0 Å². The number of aliphatic carboxylic acids is 1. The van der Waals surface area contributed by atoms with Gasteiger partial charge in [-0.05, 0) is 36.3 Å². The maximum absolute atomic E-state index is 13.0. The molecular formula is C23H36N4O5S2. The van der Waals surface area contributed by atoms with Gasteiger partial charge >= 0.3 is 5.97 Å². The third kappa shape index (κ3) is 10.8. The molecule has 11 heteroatoms. The number of thiol groups is 1. The van der Waals surface area contributed by atoms with Gasteiger partial charge in [-0.2, -0.15) is 24.4 Å². The molecule has 0 aliphatic rings. The maximum Gasteiger partial charge on any atom is 0.326 e. The van der Waals surface area contributed by atoms with E-state index in [0.717, 1.165) is 5.56 Å². The number of carboxylic acids is 1. The van der Waals surface area contributed by atoms with Crippen molar-refractivity contribution in [2.75, 3.05) is 17.8 Å². The molecule has 190 valence electrons. The molecule has 1 aromatic rings. The number of nitrogens with two attached hydrogens (primary N) is 1. The molecule has 4 unspecified atom stereocenters. The summed E-state index contributed by atoms with van der Waals surface area (Å²) in [4.78, 5) is 50.0. The zero-order chi connectivity index (χ0) is 25.7. The van der Waals surface area contributed by atoms with E-state index in [1.54, 1.807) is 24.3 Å².